The zero-order valence-electron chi connectivity index (χ0n) is 12.1. The number of nitrogens with zero attached hydrogens (tertiary/aromatic N) is 2. The van der Waals surface area contributed by atoms with Crippen LogP contribution in [0.4, 0.5) is 0 Å². The zero-order chi connectivity index (χ0) is 13.9. The topological polar surface area (TPSA) is 16.4 Å². The van der Waals surface area contributed by atoms with Gasteiger partial charge in [0.05, 0.1) is 18.8 Å². The zero-order valence-corrected chi connectivity index (χ0v) is 12.1. The van der Waals surface area contributed by atoms with Crippen LogP contribution < -0.4 is 4.57 Å². The number of hydrogen-bond acceptors (Lipinski definition) is 2. The van der Waals surface area contributed by atoms with Crippen LogP contribution in [0.5, 0.6) is 0 Å². The molecule has 2 aliphatic rings. The van der Waals surface area contributed by atoms with E-state index in [0.29, 0.717) is 6.04 Å². The second-order valence-electron chi connectivity index (χ2n) is 5.46. The molecule has 1 aromatic heterocycles. The lowest BCUT2D eigenvalue weighted by Crippen LogP contribution is -2.48. The first-order valence-corrected chi connectivity index (χ1v) is 7.08. The highest BCUT2D eigenvalue weighted by Gasteiger charge is 2.28. The van der Waals surface area contributed by atoms with Crippen molar-refractivity contribution in [2.75, 3.05) is 20.2 Å². The molecular formula is C17H21N2O+. The van der Waals surface area contributed by atoms with E-state index in [1.165, 1.54) is 11.1 Å². The fraction of sp³-hybridized carbons (Fsp3) is 0.353. The summed E-state index contributed by atoms with van der Waals surface area (Å²) in [6.45, 7) is 1.82. The summed E-state index contributed by atoms with van der Waals surface area (Å²) >= 11 is 0. The molecule has 1 fully saturated rings. The molecule has 0 radical (unpaired) electrons. The summed E-state index contributed by atoms with van der Waals surface area (Å²) in [4.78, 5) is 2.35. The lowest BCUT2D eigenvalue weighted by atomic mass is 9.97. The lowest BCUT2D eigenvalue weighted by molar-refractivity contribution is -0.671. The number of aromatic nitrogens is 1. The molecule has 3 heteroatoms. The summed E-state index contributed by atoms with van der Waals surface area (Å²) < 4.78 is 7.88. The SMILES string of the molecule is CN1CCOC2C=C(C=Cc3cc[n+](C)cc3)C=CC21. The van der Waals surface area contributed by atoms with Gasteiger partial charge in [-0.2, -0.15) is 0 Å². The average molecular weight is 269 g/mol. The summed E-state index contributed by atoms with van der Waals surface area (Å²) in [6, 6.07) is 4.60. The predicted molar refractivity (Wildman–Crippen MR) is 80.0 cm³/mol. The molecule has 2 unspecified atom stereocenters. The van der Waals surface area contributed by atoms with E-state index in [0.717, 1.165) is 13.2 Å². The fourth-order valence-electron chi connectivity index (χ4n) is 2.62. The van der Waals surface area contributed by atoms with Gasteiger partial charge in [-0.05, 0) is 24.3 Å². The summed E-state index contributed by atoms with van der Waals surface area (Å²) in [5, 5.41) is 0. The molecule has 0 N–H and O–H groups in total. The third-order valence-electron chi connectivity index (χ3n) is 3.91. The van der Waals surface area contributed by atoms with E-state index in [-0.39, 0.29) is 6.10 Å². The van der Waals surface area contributed by atoms with Crippen molar-refractivity contribution in [3.63, 3.8) is 0 Å². The molecule has 1 aliphatic heterocycles. The van der Waals surface area contributed by atoms with Crippen molar-refractivity contribution in [3.05, 3.63) is 60.0 Å². The van der Waals surface area contributed by atoms with Crippen molar-refractivity contribution in [3.8, 4) is 0 Å². The maximum atomic E-state index is 5.84. The van der Waals surface area contributed by atoms with Gasteiger partial charge in [-0.3, -0.25) is 4.90 Å². The number of morpholine rings is 1. The third-order valence-corrected chi connectivity index (χ3v) is 3.91. The number of likely N-dealkylation sites (N-methyl/N-ethyl adjacent to an activating group) is 1. The van der Waals surface area contributed by atoms with Crippen LogP contribution in [0.15, 0.2) is 54.4 Å². The smallest absolute Gasteiger partial charge is 0.169 e. The second kappa shape index (κ2) is 5.73. The molecule has 104 valence electrons. The van der Waals surface area contributed by atoms with Crippen LogP contribution in [0.1, 0.15) is 5.56 Å². The lowest BCUT2D eigenvalue weighted by Gasteiger charge is -2.37. The highest BCUT2D eigenvalue weighted by Crippen LogP contribution is 2.22. The maximum Gasteiger partial charge on any atom is 0.169 e. The quantitative estimate of drug-likeness (QED) is 0.760. The Morgan fingerprint density at radius 2 is 2.10 bits per heavy atom. The largest absolute Gasteiger partial charge is 0.371 e. The second-order valence-corrected chi connectivity index (χ2v) is 5.46. The van der Waals surface area contributed by atoms with Crippen molar-refractivity contribution in [2.24, 2.45) is 7.05 Å². The molecule has 1 aliphatic carbocycles. The Labute approximate surface area is 120 Å². The number of rotatable bonds is 2. The van der Waals surface area contributed by atoms with Crippen LogP contribution in [0.2, 0.25) is 0 Å². The monoisotopic (exact) mass is 269 g/mol. The fourth-order valence-corrected chi connectivity index (χ4v) is 2.62. The van der Waals surface area contributed by atoms with Gasteiger partial charge in [0.25, 0.3) is 0 Å². The number of allylic oxidation sites excluding steroid dienone is 3. The molecule has 0 spiro atoms. The molecule has 0 aromatic carbocycles. The predicted octanol–water partition coefficient (Wildman–Crippen LogP) is 1.72. The Hall–Kier alpha value is -1.71. The van der Waals surface area contributed by atoms with E-state index >= 15 is 0 Å². The highest BCUT2D eigenvalue weighted by molar-refractivity contribution is 5.54. The number of hydrogen-bond donors (Lipinski definition) is 0. The molecule has 2 heterocycles. The summed E-state index contributed by atoms with van der Waals surface area (Å²) in [7, 11) is 4.18. The van der Waals surface area contributed by atoms with Gasteiger partial charge in [0.1, 0.15) is 7.05 Å². The van der Waals surface area contributed by atoms with Gasteiger partial charge < -0.3 is 4.74 Å². The maximum absolute atomic E-state index is 5.84. The molecule has 1 saturated heterocycles. The Bertz CT molecular complexity index is 557. The van der Waals surface area contributed by atoms with Gasteiger partial charge in [0.2, 0.25) is 0 Å². The van der Waals surface area contributed by atoms with Crippen LogP contribution in [-0.2, 0) is 11.8 Å². The first kappa shape index (κ1) is 13.3. The normalized spacial score (nSPS) is 26.6. The van der Waals surface area contributed by atoms with Gasteiger partial charge in [-0.1, -0.05) is 24.3 Å². The summed E-state index contributed by atoms with van der Waals surface area (Å²) in [6.07, 6.45) is 15.2. The van der Waals surface area contributed by atoms with Crippen molar-refractivity contribution < 1.29 is 9.30 Å². The average Bonchev–Trinajstić information content (AvgIpc) is 2.47. The van der Waals surface area contributed by atoms with Crippen molar-refractivity contribution >= 4 is 6.08 Å². The number of aryl methyl sites for hydroxylation is 1. The molecule has 0 amide bonds. The molecule has 0 saturated carbocycles. The highest BCUT2D eigenvalue weighted by atomic mass is 16.5. The van der Waals surface area contributed by atoms with Crippen LogP contribution in [0.3, 0.4) is 0 Å². The summed E-state index contributed by atoms with van der Waals surface area (Å²) in [5.74, 6) is 0. The van der Waals surface area contributed by atoms with E-state index in [1.54, 1.807) is 0 Å². The Morgan fingerprint density at radius 1 is 1.30 bits per heavy atom. The standard InChI is InChI=1S/C17H21N2O/c1-18-9-7-14(8-10-18)3-4-15-5-6-16-17(13-15)20-12-11-19(16)2/h3-10,13,16-17H,11-12H2,1-2H3/q+1. The van der Waals surface area contributed by atoms with E-state index in [1.807, 2.05) is 11.6 Å². The molecule has 20 heavy (non-hydrogen) atoms. The minimum Gasteiger partial charge on any atom is -0.371 e. The van der Waals surface area contributed by atoms with Crippen molar-refractivity contribution in [1.29, 1.82) is 0 Å². The Balaban J connectivity index is 1.72. The third kappa shape index (κ3) is 2.89. The molecule has 0 bridgehead atoms. The molecule has 3 rings (SSSR count). The van der Waals surface area contributed by atoms with Crippen LogP contribution >= 0.6 is 0 Å². The van der Waals surface area contributed by atoms with Gasteiger partial charge >= 0.3 is 0 Å². The Kier molecular flexibility index (Phi) is 3.81. The minimum absolute atomic E-state index is 0.187. The van der Waals surface area contributed by atoms with E-state index < -0.39 is 0 Å². The van der Waals surface area contributed by atoms with Crippen LogP contribution in [-0.4, -0.2) is 37.2 Å². The van der Waals surface area contributed by atoms with Crippen LogP contribution in [0, 0.1) is 0 Å². The number of fused-ring (bicyclic) bond motifs is 1. The van der Waals surface area contributed by atoms with E-state index in [4.69, 9.17) is 4.74 Å². The number of pyridine rings is 1. The molecule has 3 nitrogen and oxygen atoms in total. The first-order valence-electron chi connectivity index (χ1n) is 7.08. The van der Waals surface area contributed by atoms with E-state index in [9.17, 15) is 0 Å². The van der Waals surface area contributed by atoms with Gasteiger partial charge in [0.15, 0.2) is 12.4 Å². The van der Waals surface area contributed by atoms with E-state index in [2.05, 4.69) is 66.9 Å². The molecule has 2 atom stereocenters. The minimum atomic E-state index is 0.187. The Morgan fingerprint density at radius 3 is 2.90 bits per heavy atom. The van der Waals surface area contributed by atoms with Crippen molar-refractivity contribution in [2.45, 2.75) is 12.1 Å². The molecule has 1 aromatic rings. The van der Waals surface area contributed by atoms with Gasteiger partial charge in [-0.15, -0.1) is 0 Å². The van der Waals surface area contributed by atoms with Gasteiger partial charge in [0, 0.05) is 18.7 Å². The van der Waals surface area contributed by atoms with Crippen LogP contribution in [0.25, 0.3) is 6.08 Å². The number of ether oxygens (including phenoxy) is 1. The van der Waals surface area contributed by atoms with Gasteiger partial charge in [-0.25, -0.2) is 4.57 Å². The van der Waals surface area contributed by atoms with Crippen molar-refractivity contribution in [1.82, 2.24) is 4.90 Å². The summed E-state index contributed by atoms with van der Waals surface area (Å²) in [5.41, 5.74) is 2.43. The molecular weight excluding hydrogens is 248 g/mol. The first-order chi connectivity index (χ1) is 9.72.